The average Bonchev–Trinajstić information content (AvgIpc) is 2.40. The van der Waals surface area contributed by atoms with Crippen LogP contribution in [0.25, 0.3) is 0 Å². The molecular formula is C14H12Cl2N2O2. The van der Waals surface area contributed by atoms with Gasteiger partial charge in [0.25, 0.3) is 5.91 Å². The van der Waals surface area contributed by atoms with Crippen molar-refractivity contribution in [1.82, 2.24) is 0 Å². The summed E-state index contributed by atoms with van der Waals surface area (Å²) < 4.78 is 0. The first-order valence-electron chi connectivity index (χ1n) is 5.71. The highest BCUT2D eigenvalue weighted by Crippen LogP contribution is 2.29. The number of carbonyl (C=O) groups is 1. The fourth-order valence-corrected chi connectivity index (χ4v) is 2.12. The van der Waals surface area contributed by atoms with Crippen LogP contribution in [0.4, 0.5) is 11.4 Å². The van der Waals surface area contributed by atoms with Crippen LogP contribution in [0.2, 0.25) is 10.0 Å². The van der Waals surface area contributed by atoms with Crippen LogP contribution in [-0.2, 0) is 0 Å². The van der Waals surface area contributed by atoms with E-state index in [2.05, 4.69) is 0 Å². The first-order valence-corrected chi connectivity index (χ1v) is 6.47. The maximum atomic E-state index is 12.4. The molecule has 2 rings (SSSR count). The zero-order chi connectivity index (χ0) is 14.9. The van der Waals surface area contributed by atoms with Gasteiger partial charge >= 0.3 is 0 Å². The monoisotopic (exact) mass is 310 g/mol. The minimum absolute atomic E-state index is 0.135. The number of phenols is 1. The summed E-state index contributed by atoms with van der Waals surface area (Å²) >= 11 is 11.6. The molecule has 0 aliphatic heterocycles. The minimum atomic E-state index is -0.409. The molecule has 0 saturated carbocycles. The van der Waals surface area contributed by atoms with E-state index in [1.165, 1.54) is 23.1 Å². The number of aromatic hydroxyl groups is 1. The van der Waals surface area contributed by atoms with E-state index in [1.54, 1.807) is 25.2 Å². The van der Waals surface area contributed by atoms with Crippen molar-refractivity contribution in [3.63, 3.8) is 0 Å². The molecule has 0 radical (unpaired) electrons. The number of phenolic OH excluding ortho intramolecular Hbond substituents is 1. The van der Waals surface area contributed by atoms with Gasteiger partial charge in [-0.15, -0.1) is 0 Å². The Bertz CT molecular complexity index is 674. The summed E-state index contributed by atoms with van der Waals surface area (Å²) in [4.78, 5) is 13.7. The fraction of sp³-hybridized carbons (Fsp3) is 0.0714. The average molecular weight is 311 g/mol. The van der Waals surface area contributed by atoms with Gasteiger partial charge < -0.3 is 15.7 Å². The number of nitrogens with zero attached hydrogens (tertiary/aromatic N) is 1. The quantitative estimate of drug-likeness (QED) is 0.833. The second-order valence-corrected chi connectivity index (χ2v) is 5.10. The van der Waals surface area contributed by atoms with Crippen molar-refractivity contribution >= 4 is 40.5 Å². The van der Waals surface area contributed by atoms with Gasteiger partial charge in [-0.25, -0.2) is 0 Å². The van der Waals surface area contributed by atoms with Gasteiger partial charge in [-0.3, -0.25) is 4.79 Å². The predicted octanol–water partition coefficient (Wildman–Crippen LogP) is 3.56. The van der Waals surface area contributed by atoms with E-state index in [9.17, 15) is 9.90 Å². The molecule has 3 N–H and O–H groups in total. The molecule has 104 valence electrons. The topological polar surface area (TPSA) is 66.6 Å². The molecule has 0 heterocycles. The van der Waals surface area contributed by atoms with Crippen LogP contribution in [0.15, 0.2) is 36.4 Å². The van der Waals surface area contributed by atoms with E-state index >= 15 is 0 Å². The lowest BCUT2D eigenvalue weighted by atomic mass is 10.1. The highest BCUT2D eigenvalue weighted by molar-refractivity contribution is 6.31. The van der Waals surface area contributed by atoms with Crippen molar-refractivity contribution in [2.24, 2.45) is 0 Å². The van der Waals surface area contributed by atoms with Gasteiger partial charge in [0.15, 0.2) is 0 Å². The standard InChI is InChI=1S/C14H12Cl2N2O2/c1-18(12-6-8(15)3-5-11(12)17)14(20)10-4-2-9(16)7-13(10)19/h2-7,19H,17H2,1H3. The number of carbonyl (C=O) groups excluding carboxylic acids is 1. The molecule has 20 heavy (non-hydrogen) atoms. The minimum Gasteiger partial charge on any atom is -0.507 e. The van der Waals surface area contributed by atoms with Crippen LogP contribution in [0.3, 0.4) is 0 Å². The van der Waals surface area contributed by atoms with Gasteiger partial charge in [-0.2, -0.15) is 0 Å². The van der Waals surface area contributed by atoms with Crippen molar-refractivity contribution in [1.29, 1.82) is 0 Å². The lowest BCUT2D eigenvalue weighted by molar-refractivity contribution is 0.0990. The Morgan fingerprint density at radius 1 is 1.15 bits per heavy atom. The summed E-state index contributed by atoms with van der Waals surface area (Å²) in [6, 6.07) is 9.13. The molecule has 0 unspecified atom stereocenters. The third kappa shape index (κ3) is 2.81. The number of halogens is 2. The Kier molecular flexibility index (Phi) is 4.06. The molecule has 6 heteroatoms. The molecule has 0 aliphatic carbocycles. The Hall–Kier alpha value is -1.91. The van der Waals surface area contributed by atoms with Gasteiger partial charge in [0.1, 0.15) is 5.75 Å². The van der Waals surface area contributed by atoms with Gasteiger partial charge in [0, 0.05) is 17.1 Å². The number of hydrogen-bond acceptors (Lipinski definition) is 3. The zero-order valence-electron chi connectivity index (χ0n) is 10.6. The highest BCUT2D eigenvalue weighted by atomic mass is 35.5. The summed E-state index contributed by atoms with van der Waals surface area (Å²) in [6.45, 7) is 0. The Balaban J connectivity index is 2.40. The summed E-state index contributed by atoms with van der Waals surface area (Å²) in [6.07, 6.45) is 0. The lowest BCUT2D eigenvalue weighted by Crippen LogP contribution is -2.27. The Morgan fingerprint density at radius 2 is 1.75 bits per heavy atom. The largest absolute Gasteiger partial charge is 0.507 e. The van der Waals surface area contributed by atoms with E-state index in [1.807, 2.05) is 0 Å². The molecule has 1 amide bonds. The lowest BCUT2D eigenvalue weighted by Gasteiger charge is -2.20. The number of amides is 1. The number of rotatable bonds is 2. The SMILES string of the molecule is CN(C(=O)c1ccc(Cl)cc1O)c1cc(Cl)ccc1N. The van der Waals surface area contributed by atoms with Crippen LogP contribution < -0.4 is 10.6 Å². The molecule has 4 nitrogen and oxygen atoms in total. The van der Waals surface area contributed by atoms with Crippen molar-refractivity contribution in [2.75, 3.05) is 17.7 Å². The molecule has 0 aliphatic rings. The molecule has 2 aromatic carbocycles. The van der Waals surface area contributed by atoms with E-state index in [0.717, 1.165) is 0 Å². The molecule has 0 bridgehead atoms. The van der Waals surface area contributed by atoms with Crippen molar-refractivity contribution in [2.45, 2.75) is 0 Å². The number of anilines is 2. The van der Waals surface area contributed by atoms with Crippen LogP contribution in [0.1, 0.15) is 10.4 Å². The molecular weight excluding hydrogens is 299 g/mol. The predicted molar refractivity (Wildman–Crippen MR) is 81.7 cm³/mol. The smallest absolute Gasteiger partial charge is 0.261 e. The van der Waals surface area contributed by atoms with Gasteiger partial charge in [-0.05, 0) is 36.4 Å². The number of benzene rings is 2. The third-order valence-electron chi connectivity index (χ3n) is 2.85. The molecule has 2 aromatic rings. The van der Waals surface area contributed by atoms with Crippen LogP contribution in [0, 0.1) is 0 Å². The zero-order valence-corrected chi connectivity index (χ0v) is 12.1. The summed E-state index contributed by atoms with van der Waals surface area (Å²) in [5, 5.41) is 10.6. The van der Waals surface area contributed by atoms with E-state index in [4.69, 9.17) is 28.9 Å². The van der Waals surface area contributed by atoms with Crippen molar-refractivity contribution in [3.8, 4) is 5.75 Å². The summed E-state index contributed by atoms with van der Waals surface area (Å²) in [5.41, 5.74) is 6.85. The van der Waals surface area contributed by atoms with Crippen molar-refractivity contribution in [3.05, 3.63) is 52.0 Å². The molecule has 0 aromatic heterocycles. The van der Waals surface area contributed by atoms with Crippen molar-refractivity contribution < 1.29 is 9.90 Å². The van der Waals surface area contributed by atoms with Crippen LogP contribution in [-0.4, -0.2) is 18.1 Å². The van der Waals surface area contributed by atoms with Crippen LogP contribution >= 0.6 is 23.2 Å². The first-order chi connectivity index (χ1) is 9.40. The molecule has 0 saturated heterocycles. The second kappa shape index (κ2) is 5.61. The van der Waals surface area contributed by atoms with Gasteiger partial charge in [-0.1, -0.05) is 23.2 Å². The Morgan fingerprint density at radius 3 is 2.40 bits per heavy atom. The molecule has 0 spiro atoms. The normalized spacial score (nSPS) is 10.3. The van der Waals surface area contributed by atoms with Gasteiger partial charge in [0.2, 0.25) is 0 Å². The summed E-state index contributed by atoms with van der Waals surface area (Å²) in [5.74, 6) is -0.594. The summed E-state index contributed by atoms with van der Waals surface area (Å²) in [7, 11) is 1.55. The number of nitrogen functional groups attached to an aromatic ring is 1. The van der Waals surface area contributed by atoms with E-state index in [-0.39, 0.29) is 11.3 Å². The number of nitrogens with two attached hydrogens (primary N) is 1. The maximum Gasteiger partial charge on any atom is 0.261 e. The first kappa shape index (κ1) is 14.5. The fourth-order valence-electron chi connectivity index (χ4n) is 1.78. The van der Waals surface area contributed by atoms with Gasteiger partial charge in [0.05, 0.1) is 16.9 Å². The molecule has 0 fully saturated rings. The third-order valence-corrected chi connectivity index (χ3v) is 3.32. The molecule has 0 atom stereocenters. The Labute approximate surface area is 126 Å². The maximum absolute atomic E-state index is 12.4. The highest BCUT2D eigenvalue weighted by Gasteiger charge is 2.19. The van der Waals surface area contributed by atoms with E-state index < -0.39 is 5.91 Å². The van der Waals surface area contributed by atoms with Crippen LogP contribution in [0.5, 0.6) is 5.75 Å². The number of hydrogen-bond donors (Lipinski definition) is 2. The second-order valence-electron chi connectivity index (χ2n) is 4.23. The van der Waals surface area contributed by atoms with E-state index in [0.29, 0.717) is 21.4 Å².